The molecule has 8 unspecified atom stereocenters. The lowest BCUT2D eigenvalue weighted by Crippen LogP contribution is -2.59. The molecule has 0 amide bonds. The zero-order chi connectivity index (χ0) is 25.4. The molecule has 0 radical (unpaired) electrons. The maximum Gasteiger partial charge on any atom is 0.108 e. The minimum absolute atomic E-state index is 0.181. The second-order valence-corrected chi connectivity index (χ2v) is 14.3. The van der Waals surface area contributed by atoms with E-state index in [0.29, 0.717) is 36.4 Å². The molecule has 0 aromatic carbocycles. The second kappa shape index (κ2) is 11.4. The van der Waals surface area contributed by atoms with Crippen molar-refractivity contribution in [3.8, 4) is 6.07 Å². The first-order valence-electron chi connectivity index (χ1n) is 16.1. The molecule has 0 spiro atoms. The number of piperidine rings is 2. The summed E-state index contributed by atoms with van der Waals surface area (Å²) in [4.78, 5) is 0. The monoisotopic (exact) mass is 511 g/mol. The molecule has 4 N–H and O–H groups in total. The Hall–Kier alpha value is -0.710. The molecule has 8 atom stereocenters. The first-order chi connectivity index (χ1) is 18.0. The van der Waals surface area contributed by atoms with Gasteiger partial charge in [0.2, 0.25) is 0 Å². The highest BCUT2D eigenvalue weighted by atomic mass is 16.5. The van der Waals surface area contributed by atoms with E-state index in [9.17, 15) is 5.26 Å². The van der Waals surface area contributed by atoms with Crippen LogP contribution in [0.15, 0.2) is 0 Å². The van der Waals surface area contributed by atoms with Gasteiger partial charge in [-0.1, -0.05) is 19.3 Å². The molecule has 6 rings (SSSR count). The van der Waals surface area contributed by atoms with Crippen LogP contribution < -0.4 is 21.5 Å². The summed E-state index contributed by atoms with van der Waals surface area (Å²) in [6, 6.07) is 4.46. The summed E-state index contributed by atoms with van der Waals surface area (Å²) < 4.78 is 6.47. The van der Waals surface area contributed by atoms with Gasteiger partial charge in [-0.25, -0.2) is 0 Å². The Bertz CT molecular complexity index is 790. The molecule has 3 saturated heterocycles. The fourth-order valence-electron chi connectivity index (χ4n) is 9.55. The van der Waals surface area contributed by atoms with E-state index in [0.717, 1.165) is 42.7 Å². The van der Waals surface area contributed by atoms with Gasteiger partial charge in [0.15, 0.2) is 0 Å². The average molecular weight is 512 g/mol. The van der Waals surface area contributed by atoms with Crippen LogP contribution in [0.25, 0.3) is 0 Å². The number of nitrogens with zero attached hydrogens (tertiary/aromatic N) is 1. The zero-order valence-corrected chi connectivity index (χ0v) is 23.5. The topological polar surface area (TPSA) is 81.1 Å². The van der Waals surface area contributed by atoms with Gasteiger partial charge in [0.1, 0.15) is 6.23 Å². The van der Waals surface area contributed by atoms with Crippen molar-refractivity contribution in [2.75, 3.05) is 13.1 Å². The number of fused-ring (bicyclic) bond motifs is 3. The quantitative estimate of drug-likeness (QED) is 0.422. The Morgan fingerprint density at radius 2 is 1.49 bits per heavy atom. The molecule has 3 aliphatic heterocycles. The van der Waals surface area contributed by atoms with E-state index < -0.39 is 0 Å². The zero-order valence-electron chi connectivity index (χ0n) is 23.5. The van der Waals surface area contributed by atoms with E-state index in [4.69, 9.17) is 4.74 Å². The highest BCUT2D eigenvalue weighted by Gasteiger charge is 2.52. The Labute approximate surface area is 225 Å². The molecule has 6 fully saturated rings. The Balaban J connectivity index is 1.04. The fraction of sp³-hybridized carbons (Fsp3) is 0.968. The third-order valence-corrected chi connectivity index (χ3v) is 11.9. The first kappa shape index (κ1) is 26.5. The molecular weight excluding hydrogens is 458 g/mol. The average Bonchev–Trinajstić information content (AvgIpc) is 3.39. The second-order valence-electron chi connectivity index (χ2n) is 14.3. The molecule has 0 aromatic rings. The molecule has 6 heteroatoms. The maximum absolute atomic E-state index is 9.64. The maximum atomic E-state index is 9.64. The van der Waals surface area contributed by atoms with Crippen LogP contribution in [0.1, 0.15) is 104 Å². The van der Waals surface area contributed by atoms with Crippen molar-refractivity contribution in [3.05, 3.63) is 0 Å². The van der Waals surface area contributed by atoms with Gasteiger partial charge in [-0.15, -0.1) is 0 Å². The summed E-state index contributed by atoms with van der Waals surface area (Å²) in [5.74, 6) is 4.52. The summed E-state index contributed by atoms with van der Waals surface area (Å²) in [6.07, 6.45) is 19.1. The summed E-state index contributed by atoms with van der Waals surface area (Å²) in [5, 5.41) is 17.4. The van der Waals surface area contributed by atoms with Crippen LogP contribution in [0.2, 0.25) is 0 Å². The summed E-state index contributed by atoms with van der Waals surface area (Å²) in [5.41, 5.74) is 7.38. The molecule has 6 aliphatic rings. The third-order valence-electron chi connectivity index (χ3n) is 11.9. The molecular formula is C31H53N5O. The van der Waals surface area contributed by atoms with Crippen LogP contribution in [-0.2, 0) is 4.74 Å². The number of nitrogens with one attached hydrogen (secondary N) is 4. The van der Waals surface area contributed by atoms with Crippen molar-refractivity contribution in [2.45, 2.75) is 134 Å². The van der Waals surface area contributed by atoms with Gasteiger partial charge in [-0.3, -0.25) is 16.2 Å². The number of hydrazine groups is 1. The number of hydrogen-bond donors (Lipinski definition) is 4. The summed E-state index contributed by atoms with van der Waals surface area (Å²) in [6.45, 7) is 6.56. The molecule has 208 valence electrons. The van der Waals surface area contributed by atoms with Gasteiger partial charge >= 0.3 is 0 Å². The Morgan fingerprint density at radius 1 is 0.730 bits per heavy atom. The lowest BCUT2D eigenvalue weighted by Gasteiger charge is -2.50. The van der Waals surface area contributed by atoms with Crippen LogP contribution in [-0.4, -0.2) is 43.5 Å². The van der Waals surface area contributed by atoms with Crippen molar-refractivity contribution in [1.29, 1.82) is 5.26 Å². The van der Waals surface area contributed by atoms with E-state index >= 15 is 0 Å². The lowest BCUT2D eigenvalue weighted by molar-refractivity contribution is -0.0687. The van der Waals surface area contributed by atoms with Crippen LogP contribution in [0, 0.1) is 52.3 Å². The van der Waals surface area contributed by atoms with Crippen molar-refractivity contribution < 1.29 is 4.74 Å². The predicted octanol–water partition coefficient (Wildman–Crippen LogP) is 4.87. The van der Waals surface area contributed by atoms with E-state index in [1.165, 1.54) is 89.9 Å². The van der Waals surface area contributed by atoms with Gasteiger partial charge in [0.25, 0.3) is 0 Å². The van der Waals surface area contributed by atoms with Crippen LogP contribution >= 0.6 is 0 Å². The van der Waals surface area contributed by atoms with Crippen molar-refractivity contribution >= 4 is 0 Å². The largest absolute Gasteiger partial charge is 0.360 e. The number of rotatable bonds is 5. The molecule has 3 aliphatic carbocycles. The van der Waals surface area contributed by atoms with Crippen molar-refractivity contribution in [2.24, 2.45) is 40.9 Å². The molecule has 3 saturated carbocycles. The minimum Gasteiger partial charge on any atom is -0.360 e. The number of ether oxygens (including phenoxy) is 1. The Kier molecular flexibility index (Phi) is 8.18. The lowest BCUT2D eigenvalue weighted by atomic mass is 9.60. The third kappa shape index (κ3) is 5.64. The van der Waals surface area contributed by atoms with E-state index in [1.807, 2.05) is 0 Å². The summed E-state index contributed by atoms with van der Waals surface area (Å²) >= 11 is 0. The van der Waals surface area contributed by atoms with Gasteiger partial charge in [0.05, 0.1) is 17.6 Å². The highest BCUT2D eigenvalue weighted by Crippen LogP contribution is 2.48. The van der Waals surface area contributed by atoms with E-state index in [-0.39, 0.29) is 5.41 Å². The first-order valence-corrected chi connectivity index (χ1v) is 16.1. The van der Waals surface area contributed by atoms with Gasteiger partial charge in [0, 0.05) is 31.2 Å². The minimum atomic E-state index is -0.181. The molecule has 0 aromatic heterocycles. The van der Waals surface area contributed by atoms with Gasteiger partial charge in [-0.05, 0) is 120 Å². The molecule has 37 heavy (non-hydrogen) atoms. The van der Waals surface area contributed by atoms with Crippen molar-refractivity contribution in [3.63, 3.8) is 0 Å². The van der Waals surface area contributed by atoms with Gasteiger partial charge < -0.3 is 10.1 Å². The standard InChI is InChI=1S/C31H53N5O/c1-31(2,19-32)23-12-8-20(9-13-23)30-29-25-16-21(10-14-26(25)33-18-27(29)35-36-30)22-11-15-28(34-17-22)37-24-6-4-3-5-7-24/h20-30,33-36H,3-18H2,1-2H3. The number of nitriles is 1. The van der Waals surface area contributed by atoms with Crippen LogP contribution in [0.5, 0.6) is 0 Å². The predicted molar refractivity (Wildman–Crippen MR) is 147 cm³/mol. The van der Waals surface area contributed by atoms with Gasteiger partial charge in [-0.2, -0.15) is 5.26 Å². The smallest absolute Gasteiger partial charge is 0.108 e. The molecule has 3 heterocycles. The SMILES string of the molecule is CC(C)(C#N)C1CCC(C2NNC3CNC4CCC(C5CCC(OC6CCCCC6)NC5)CC4C32)CC1. The molecule has 0 bridgehead atoms. The van der Waals surface area contributed by atoms with E-state index in [2.05, 4.69) is 41.4 Å². The van der Waals surface area contributed by atoms with Crippen molar-refractivity contribution in [1.82, 2.24) is 21.5 Å². The van der Waals surface area contributed by atoms with E-state index in [1.54, 1.807) is 0 Å². The molecule has 6 nitrogen and oxygen atoms in total. The fourth-order valence-corrected chi connectivity index (χ4v) is 9.55. The van der Waals surface area contributed by atoms with Crippen LogP contribution in [0.3, 0.4) is 0 Å². The number of hydrogen-bond acceptors (Lipinski definition) is 6. The van der Waals surface area contributed by atoms with Crippen LogP contribution in [0.4, 0.5) is 0 Å². The summed E-state index contributed by atoms with van der Waals surface area (Å²) in [7, 11) is 0. The Morgan fingerprint density at radius 3 is 2.22 bits per heavy atom. The normalized spacial score (nSPS) is 45.5. The highest BCUT2D eigenvalue weighted by molar-refractivity contribution is 5.08.